The van der Waals surface area contributed by atoms with Crippen LogP contribution in [-0.2, 0) is 11.3 Å². The lowest BCUT2D eigenvalue weighted by Gasteiger charge is -2.15. The van der Waals surface area contributed by atoms with Gasteiger partial charge >= 0.3 is 5.97 Å². The molecule has 1 aromatic rings. The van der Waals surface area contributed by atoms with Gasteiger partial charge in [-0.25, -0.2) is 9.18 Å². The number of benzene rings is 1. The highest BCUT2D eigenvalue weighted by Crippen LogP contribution is 2.21. The molecule has 1 atom stereocenters. The minimum absolute atomic E-state index is 0.364. The van der Waals surface area contributed by atoms with Gasteiger partial charge in [-0.05, 0) is 37.6 Å². The van der Waals surface area contributed by atoms with E-state index in [0.717, 1.165) is 6.54 Å². The molecule has 0 heterocycles. The van der Waals surface area contributed by atoms with Gasteiger partial charge in [-0.3, -0.25) is 0 Å². The van der Waals surface area contributed by atoms with Crippen molar-refractivity contribution < 1.29 is 19.0 Å². The van der Waals surface area contributed by atoms with Crippen LogP contribution >= 0.6 is 0 Å². The van der Waals surface area contributed by atoms with Gasteiger partial charge in [-0.2, -0.15) is 0 Å². The standard InChI is InChI=1S/C14H20FNO3/c1-9(2)7-16-8-11-6-12(15)4-5-13(11)19-10(3)14(17)18/h4-6,9-10,16H,7-8H2,1-3H3,(H,17,18). The van der Waals surface area contributed by atoms with Crippen LogP contribution in [0, 0.1) is 11.7 Å². The topological polar surface area (TPSA) is 58.6 Å². The van der Waals surface area contributed by atoms with E-state index in [2.05, 4.69) is 19.2 Å². The summed E-state index contributed by atoms with van der Waals surface area (Å²) in [6.07, 6.45) is -0.964. The van der Waals surface area contributed by atoms with Crippen LogP contribution < -0.4 is 10.1 Å². The average Bonchev–Trinajstić information content (AvgIpc) is 2.31. The molecule has 0 aliphatic carbocycles. The zero-order valence-electron chi connectivity index (χ0n) is 11.4. The minimum atomic E-state index is -1.05. The maximum absolute atomic E-state index is 13.2. The van der Waals surface area contributed by atoms with Crippen molar-refractivity contribution in [1.82, 2.24) is 5.32 Å². The van der Waals surface area contributed by atoms with Crippen LogP contribution in [0.2, 0.25) is 0 Å². The van der Waals surface area contributed by atoms with Crippen LogP contribution in [0.3, 0.4) is 0 Å². The van der Waals surface area contributed by atoms with E-state index in [-0.39, 0.29) is 5.82 Å². The van der Waals surface area contributed by atoms with Gasteiger partial charge in [0.2, 0.25) is 0 Å². The van der Waals surface area contributed by atoms with Crippen LogP contribution in [0.1, 0.15) is 26.3 Å². The molecule has 1 aromatic carbocycles. The van der Waals surface area contributed by atoms with Crippen molar-refractivity contribution in [1.29, 1.82) is 0 Å². The molecule has 106 valence electrons. The van der Waals surface area contributed by atoms with Crippen molar-refractivity contribution in [3.8, 4) is 5.75 Å². The smallest absolute Gasteiger partial charge is 0.344 e. The van der Waals surface area contributed by atoms with Crippen molar-refractivity contribution in [2.75, 3.05) is 6.54 Å². The summed E-state index contributed by atoms with van der Waals surface area (Å²) < 4.78 is 18.5. The monoisotopic (exact) mass is 269 g/mol. The zero-order chi connectivity index (χ0) is 14.4. The molecule has 0 fully saturated rings. The molecule has 19 heavy (non-hydrogen) atoms. The Hall–Kier alpha value is -1.62. The van der Waals surface area contributed by atoms with E-state index in [1.165, 1.54) is 25.1 Å². The molecule has 0 saturated heterocycles. The van der Waals surface area contributed by atoms with Crippen molar-refractivity contribution in [3.63, 3.8) is 0 Å². The zero-order valence-corrected chi connectivity index (χ0v) is 11.4. The highest BCUT2D eigenvalue weighted by Gasteiger charge is 2.15. The summed E-state index contributed by atoms with van der Waals surface area (Å²) in [6.45, 7) is 6.82. The van der Waals surface area contributed by atoms with Crippen molar-refractivity contribution in [2.24, 2.45) is 5.92 Å². The lowest BCUT2D eigenvalue weighted by atomic mass is 10.1. The van der Waals surface area contributed by atoms with E-state index in [1.54, 1.807) is 0 Å². The fourth-order valence-electron chi connectivity index (χ4n) is 1.54. The molecular weight excluding hydrogens is 249 g/mol. The molecule has 1 rings (SSSR count). The van der Waals surface area contributed by atoms with E-state index in [1.807, 2.05) is 0 Å². The van der Waals surface area contributed by atoms with E-state index in [9.17, 15) is 9.18 Å². The predicted molar refractivity (Wildman–Crippen MR) is 70.7 cm³/mol. The Kier molecular flexibility index (Phi) is 5.76. The lowest BCUT2D eigenvalue weighted by molar-refractivity contribution is -0.144. The molecule has 0 aliphatic rings. The Morgan fingerprint density at radius 3 is 2.68 bits per heavy atom. The van der Waals surface area contributed by atoms with Crippen LogP contribution in [0.25, 0.3) is 0 Å². The summed E-state index contributed by atoms with van der Waals surface area (Å²) in [5, 5.41) is 12.0. The lowest BCUT2D eigenvalue weighted by Crippen LogP contribution is -2.24. The van der Waals surface area contributed by atoms with E-state index in [0.29, 0.717) is 23.8 Å². The minimum Gasteiger partial charge on any atom is -0.479 e. The Bertz CT molecular complexity index is 435. The van der Waals surface area contributed by atoms with E-state index in [4.69, 9.17) is 9.84 Å². The van der Waals surface area contributed by atoms with E-state index < -0.39 is 12.1 Å². The normalized spacial score (nSPS) is 12.5. The first-order valence-electron chi connectivity index (χ1n) is 6.28. The second-order valence-electron chi connectivity index (χ2n) is 4.88. The highest BCUT2D eigenvalue weighted by atomic mass is 19.1. The molecule has 0 radical (unpaired) electrons. The fourth-order valence-corrected chi connectivity index (χ4v) is 1.54. The molecule has 0 bridgehead atoms. The van der Waals surface area contributed by atoms with Crippen molar-refractivity contribution in [2.45, 2.75) is 33.4 Å². The SMILES string of the molecule is CC(C)CNCc1cc(F)ccc1OC(C)C(=O)O. The third-order valence-electron chi connectivity index (χ3n) is 2.54. The van der Waals surface area contributed by atoms with Crippen LogP contribution in [0.15, 0.2) is 18.2 Å². The third kappa shape index (κ3) is 5.26. The van der Waals surface area contributed by atoms with Gasteiger partial charge in [0, 0.05) is 12.1 Å². The Labute approximate surface area is 112 Å². The number of hydrogen-bond acceptors (Lipinski definition) is 3. The van der Waals surface area contributed by atoms with Crippen LogP contribution in [0.4, 0.5) is 4.39 Å². The average molecular weight is 269 g/mol. The number of carboxylic acid groups (broad SMARTS) is 1. The maximum Gasteiger partial charge on any atom is 0.344 e. The number of halogens is 1. The number of carboxylic acids is 1. The van der Waals surface area contributed by atoms with Gasteiger partial charge in [0.1, 0.15) is 11.6 Å². The number of aliphatic carboxylic acids is 1. The molecule has 0 amide bonds. The summed E-state index contributed by atoms with van der Waals surface area (Å²) >= 11 is 0. The summed E-state index contributed by atoms with van der Waals surface area (Å²) in [4.78, 5) is 10.8. The summed E-state index contributed by atoms with van der Waals surface area (Å²) in [7, 11) is 0. The van der Waals surface area contributed by atoms with Crippen LogP contribution in [-0.4, -0.2) is 23.7 Å². The van der Waals surface area contributed by atoms with Crippen molar-refractivity contribution in [3.05, 3.63) is 29.6 Å². The molecule has 0 spiro atoms. The molecule has 2 N–H and O–H groups in total. The Morgan fingerprint density at radius 2 is 2.11 bits per heavy atom. The number of carbonyl (C=O) groups is 1. The molecule has 0 aromatic heterocycles. The molecule has 0 saturated carbocycles. The van der Waals surface area contributed by atoms with Crippen LogP contribution in [0.5, 0.6) is 5.75 Å². The predicted octanol–water partition coefficient (Wildman–Crippen LogP) is 2.42. The number of hydrogen-bond donors (Lipinski definition) is 2. The van der Waals surface area contributed by atoms with Gasteiger partial charge in [-0.15, -0.1) is 0 Å². The molecule has 4 nitrogen and oxygen atoms in total. The quantitative estimate of drug-likeness (QED) is 0.798. The van der Waals surface area contributed by atoms with E-state index >= 15 is 0 Å². The van der Waals surface area contributed by atoms with Gasteiger partial charge in [0.15, 0.2) is 6.10 Å². The van der Waals surface area contributed by atoms with Gasteiger partial charge in [-0.1, -0.05) is 13.8 Å². The second kappa shape index (κ2) is 7.09. The highest BCUT2D eigenvalue weighted by molar-refractivity contribution is 5.72. The second-order valence-corrected chi connectivity index (χ2v) is 4.88. The molecule has 0 aliphatic heterocycles. The largest absolute Gasteiger partial charge is 0.479 e. The first-order valence-corrected chi connectivity index (χ1v) is 6.28. The molecule has 1 unspecified atom stereocenters. The van der Waals surface area contributed by atoms with Gasteiger partial charge in [0.05, 0.1) is 0 Å². The Balaban J connectivity index is 2.76. The Morgan fingerprint density at radius 1 is 1.42 bits per heavy atom. The summed E-state index contributed by atoms with van der Waals surface area (Å²) in [5.74, 6) is -0.537. The first-order chi connectivity index (χ1) is 8.90. The van der Waals surface area contributed by atoms with Gasteiger partial charge in [0.25, 0.3) is 0 Å². The fraction of sp³-hybridized carbons (Fsp3) is 0.500. The summed E-state index contributed by atoms with van der Waals surface area (Å²) in [6, 6.07) is 4.08. The number of nitrogens with one attached hydrogen (secondary N) is 1. The van der Waals surface area contributed by atoms with Crippen molar-refractivity contribution >= 4 is 5.97 Å². The third-order valence-corrected chi connectivity index (χ3v) is 2.54. The molecule has 5 heteroatoms. The molecular formula is C14H20FNO3. The first kappa shape index (κ1) is 15.4. The van der Waals surface area contributed by atoms with Gasteiger partial charge < -0.3 is 15.2 Å². The maximum atomic E-state index is 13.2. The number of rotatable bonds is 7. The number of ether oxygens (including phenoxy) is 1. The summed E-state index contributed by atoms with van der Waals surface area (Å²) in [5.41, 5.74) is 0.619.